The van der Waals surface area contributed by atoms with E-state index in [9.17, 15) is 4.79 Å². The summed E-state index contributed by atoms with van der Waals surface area (Å²) in [7, 11) is 1.45. The molecule has 0 spiro atoms. The molecule has 0 aliphatic heterocycles. The number of rotatable bonds is 1. The summed E-state index contributed by atoms with van der Waals surface area (Å²) in [5, 5.41) is 0. The van der Waals surface area contributed by atoms with E-state index in [4.69, 9.17) is 10.5 Å². The van der Waals surface area contributed by atoms with Gasteiger partial charge in [-0.25, -0.2) is 0 Å². The Kier molecular flexibility index (Phi) is 1.83. The highest BCUT2D eigenvalue weighted by molar-refractivity contribution is 5.74. The molecule has 0 saturated heterocycles. The predicted octanol–water partition coefficient (Wildman–Crippen LogP) is 0.533. The summed E-state index contributed by atoms with van der Waals surface area (Å²) in [5.74, 6) is 0.986. The van der Waals surface area contributed by atoms with Crippen molar-refractivity contribution in [3.05, 3.63) is 0 Å². The summed E-state index contributed by atoms with van der Waals surface area (Å²) in [5.41, 5.74) is 5.94. The van der Waals surface area contributed by atoms with Gasteiger partial charge in [0, 0.05) is 6.04 Å². The number of carbonyl (C=O) groups excluding carboxylic acids is 1. The highest BCUT2D eigenvalue weighted by Gasteiger charge is 2.49. The van der Waals surface area contributed by atoms with Crippen molar-refractivity contribution < 1.29 is 9.53 Å². The Labute approximate surface area is 72.3 Å². The molecule has 0 aromatic rings. The molecule has 0 amide bonds. The minimum absolute atomic E-state index is 0.00579. The van der Waals surface area contributed by atoms with Crippen molar-refractivity contribution >= 4 is 5.97 Å². The lowest BCUT2D eigenvalue weighted by atomic mass is 9.85. The van der Waals surface area contributed by atoms with Crippen molar-refractivity contribution in [1.29, 1.82) is 0 Å². The molecule has 2 bridgehead atoms. The van der Waals surface area contributed by atoms with Crippen LogP contribution in [0.2, 0.25) is 0 Å². The molecule has 2 N–H and O–H groups in total. The number of hydrogen-bond donors (Lipinski definition) is 1. The zero-order chi connectivity index (χ0) is 8.72. The van der Waals surface area contributed by atoms with Crippen LogP contribution in [0.3, 0.4) is 0 Å². The van der Waals surface area contributed by atoms with Crippen molar-refractivity contribution in [2.75, 3.05) is 7.11 Å². The van der Waals surface area contributed by atoms with Crippen LogP contribution in [0.15, 0.2) is 0 Å². The molecule has 0 aromatic carbocycles. The Balaban J connectivity index is 2.12. The van der Waals surface area contributed by atoms with Gasteiger partial charge in [0.15, 0.2) is 0 Å². The summed E-state index contributed by atoms with van der Waals surface area (Å²) < 4.78 is 4.74. The molecule has 0 unspecified atom stereocenters. The average molecular weight is 169 g/mol. The van der Waals surface area contributed by atoms with Crippen molar-refractivity contribution in [2.24, 2.45) is 23.5 Å². The maximum atomic E-state index is 11.3. The van der Waals surface area contributed by atoms with Crippen LogP contribution in [-0.4, -0.2) is 19.1 Å². The van der Waals surface area contributed by atoms with Gasteiger partial charge in [-0.05, 0) is 31.1 Å². The molecule has 2 aliphatic rings. The molecule has 2 aliphatic carbocycles. The van der Waals surface area contributed by atoms with Gasteiger partial charge in [0.1, 0.15) is 0 Å². The minimum atomic E-state index is -0.102. The van der Waals surface area contributed by atoms with E-state index in [2.05, 4.69) is 0 Å². The van der Waals surface area contributed by atoms with E-state index in [0.29, 0.717) is 11.8 Å². The summed E-state index contributed by atoms with van der Waals surface area (Å²) >= 11 is 0. The van der Waals surface area contributed by atoms with Gasteiger partial charge >= 0.3 is 5.97 Å². The van der Waals surface area contributed by atoms with Crippen LogP contribution in [-0.2, 0) is 9.53 Å². The molecular weight excluding hydrogens is 154 g/mol. The van der Waals surface area contributed by atoms with Crippen molar-refractivity contribution in [2.45, 2.75) is 25.3 Å². The fourth-order valence-corrected chi connectivity index (χ4v) is 2.82. The van der Waals surface area contributed by atoms with Gasteiger partial charge in [0.2, 0.25) is 0 Å². The highest BCUT2D eigenvalue weighted by Crippen LogP contribution is 2.47. The lowest BCUT2D eigenvalue weighted by Gasteiger charge is -2.25. The lowest BCUT2D eigenvalue weighted by molar-refractivity contribution is -0.147. The van der Waals surface area contributed by atoms with Crippen molar-refractivity contribution in [1.82, 2.24) is 0 Å². The van der Waals surface area contributed by atoms with E-state index >= 15 is 0 Å². The van der Waals surface area contributed by atoms with E-state index in [1.807, 2.05) is 0 Å². The first-order valence-electron chi connectivity index (χ1n) is 4.57. The molecule has 12 heavy (non-hydrogen) atoms. The molecular formula is C9H15NO2. The zero-order valence-corrected chi connectivity index (χ0v) is 7.32. The van der Waals surface area contributed by atoms with Crippen LogP contribution < -0.4 is 5.73 Å². The fraction of sp³-hybridized carbons (Fsp3) is 0.889. The van der Waals surface area contributed by atoms with Gasteiger partial charge in [0.05, 0.1) is 13.0 Å². The molecule has 2 rings (SSSR count). The van der Waals surface area contributed by atoms with E-state index in [1.165, 1.54) is 13.5 Å². The second-order valence-electron chi connectivity index (χ2n) is 3.96. The van der Waals surface area contributed by atoms with Crippen LogP contribution in [0.5, 0.6) is 0 Å². The Morgan fingerprint density at radius 2 is 2.08 bits per heavy atom. The van der Waals surface area contributed by atoms with Gasteiger partial charge in [0.25, 0.3) is 0 Å². The van der Waals surface area contributed by atoms with Crippen LogP contribution in [0.1, 0.15) is 19.3 Å². The highest BCUT2D eigenvalue weighted by atomic mass is 16.5. The molecule has 0 aromatic heterocycles. The quantitative estimate of drug-likeness (QED) is 0.583. The van der Waals surface area contributed by atoms with E-state index in [1.54, 1.807) is 0 Å². The number of fused-ring (bicyclic) bond motifs is 2. The third-order valence-electron chi connectivity index (χ3n) is 3.45. The Bertz CT molecular complexity index is 203. The molecule has 4 atom stereocenters. The SMILES string of the molecule is COC(=O)[C@@H]1[C@@H]2CC[C@@H](C2)[C@@H]1N. The fourth-order valence-electron chi connectivity index (χ4n) is 2.82. The third kappa shape index (κ3) is 0.959. The number of esters is 1. The number of ether oxygens (including phenoxy) is 1. The maximum absolute atomic E-state index is 11.3. The average Bonchev–Trinajstić information content (AvgIpc) is 2.63. The summed E-state index contributed by atoms with van der Waals surface area (Å²) in [6.45, 7) is 0. The summed E-state index contributed by atoms with van der Waals surface area (Å²) in [6, 6.07) is 0.0659. The van der Waals surface area contributed by atoms with E-state index in [0.717, 1.165) is 12.8 Å². The predicted molar refractivity (Wildman–Crippen MR) is 44.3 cm³/mol. The second-order valence-corrected chi connectivity index (χ2v) is 3.96. The monoisotopic (exact) mass is 169 g/mol. The van der Waals surface area contributed by atoms with Crippen LogP contribution in [0.25, 0.3) is 0 Å². The van der Waals surface area contributed by atoms with Crippen molar-refractivity contribution in [3.63, 3.8) is 0 Å². The summed E-state index contributed by atoms with van der Waals surface area (Å²) in [6.07, 6.45) is 3.51. The summed E-state index contributed by atoms with van der Waals surface area (Å²) in [4.78, 5) is 11.3. The standard InChI is InChI=1S/C9H15NO2/c1-12-9(11)7-5-2-3-6(4-5)8(7)10/h5-8H,2-4,10H2,1H3/t5-,6+,7-,8+/m1/s1. The molecule has 2 saturated carbocycles. The topological polar surface area (TPSA) is 52.3 Å². The van der Waals surface area contributed by atoms with Gasteiger partial charge in [-0.15, -0.1) is 0 Å². The zero-order valence-electron chi connectivity index (χ0n) is 7.32. The Hall–Kier alpha value is -0.570. The Morgan fingerprint density at radius 3 is 2.58 bits per heavy atom. The molecule has 0 heterocycles. The first-order valence-corrected chi connectivity index (χ1v) is 4.57. The maximum Gasteiger partial charge on any atom is 0.310 e. The van der Waals surface area contributed by atoms with Gasteiger partial charge in [-0.2, -0.15) is 0 Å². The normalized spacial score (nSPS) is 44.8. The number of nitrogens with two attached hydrogens (primary N) is 1. The van der Waals surface area contributed by atoms with Crippen LogP contribution >= 0.6 is 0 Å². The molecule has 2 fully saturated rings. The Morgan fingerprint density at radius 1 is 1.42 bits per heavy atom. The van der Waals surface area contributed by atoms with Crippen molar-refractivity contribution in [3.8, 4) is 0 Å². The van der Waals surface area contributed by atoms with Gasteiger partial charge in [-0.1, -0.05) is 0 Å². The molecule has 3 heteroatoms. The molecule has 3 nitrogen and oxygen atoms in total. The van der Waals surface area contributed by atoms with Crippen LogP contribution in [0.4, 0.5) is 0 Å². The largest absolute Gasteiger partial charge is 0.469 e. The molecule has 68 valence electrons. The van der Waals surface area contributed by atoms with E-state index < -0.39 is 0 Å². The third-order valence-corrected chi connectivity index (χ3v) is 3.45. The minimum Gasteiger partial charge on any atom is -0.469 e. The lowest BCUT2D eigenvalue weighted by Crippen LogP contribution is -2.40. The van der Waals surface area contributed by atoms with Crippen LogP contribution in [0, 0.1) is 17.8 Å². The smallest absolute Gasteiger partial charge is 0.310 e. The van der Waals surface area contributed by atoms with Gasteiger partial charge in [-0.3, -0.25) is 4.79 Å². The number of hydrogen-bond acceptors (Lipinski definition) is 3. The first-order chi connectivity index (χ1) is 5.74. The first kappa shape index (κ1) is 8.05. The molecule has 0 radical (unpaired) electrons. The van der Waals surface area contributed by atoms with Gasteiger partial charge < -0.3 is 10.5 Å². The number of methoxy groups -OCH3 is 1. The second kappa shape index (κ2) is 2.73. The van der Waals surface area contributed by atoms with E-state index in [-0.39, 0.29) is 17.9 Å². The number of carbonyl (C=O) groups is 1.